The minimum Gasteiger partial charge on any atom is -0.490 e. The third-order valence-electron chi connectivity index (χ3n) is 3.40. The molecule has 0 aromatic heterocycles. The van der Waals surface area contributed by atoms with E-state index in [0.717, 1.165) is 19.4 Å². The molecule has 1 heterocycles. The fraction of sp³-hybridized carbons (Fsp3) is 0.533. The first kappa shape index (κ1) is 16.1. The van der Waals surface area contributed by atoms with Gasteiger partial charge in [0.2, 0.25) is 0 Å². The molecule has 6 heteroatoms. The molecule has 0 spiro atoms. The van der Waals surface area contributed by atoms with E-state index in [1.54, 1.807) is 25.3 Å². The molecule has 0 saturated carbocycles. The topological polar surface area (TPSA) is 59.6 Å². The highest BCUT2D eigenvalue weighted by molar-refractivity contribution is 6.31. The highest BCUT2D eigenvalue weighted by Gasteiger charge is 2.17. The fourth-order valence-corrected chi connectivity index (χ4v) is 2.45. The number of carbonyl (C=O) groups excluding carboxylic acids is 1. The molecule has 1 aromatic carbocycles. The number of hydrogen-bond acceptors (Lipinski definition) is 4. The summed E-state index contributed by atoms with van der Waals surface area (Å²) < 4.78 is 10.5. The number of carbonyl (C=O) groups is 1. The molecule has 21 heavy (non-hydrogen) atoms. The Morgan fingerprint density at radius 1 is 1.48 bits per heavy atom. The van der Waals surface area contributed by atoms with Crippen molar-refractivity contribution in [2.75, 3.05) is 33.4 Å². The zero-order valence-corrected chi connectivity index (χ0v) is 12.9. The normalized spacial score (nSPS) is 17.7. The van der Waals surface area contributed by atoms with Gasteiger partial charge in [-0.3, -0.25) is 4.79 Å². The van der Waals surface area contributed by atoms with Crippen LogP contribution in [0.25, 0.3) is 0 Å². The maximum atomic E-state index is 12.3. The van der Waals surface area contributed by atoms with E-state index in [2.05, 4.69) is 10.6 Å². The smallest absolute Gasteiger partial charge is 0.255 e. The van der Waals surface area contributed by atoms with Crippen molar-refractivity contribution in [2.24, 2.45) is 0 Å². The van der Waals surface area contributed by atoms with Crippen molar-refractivity contribution in [2.45, 2.75) is 18.9 Å². The van der Waals surface area contributed by atoms with Crippen LogP contribution in [0.1, 0.15) is 23.2 Å². The molecule has 1 unspecified atom stereocenters. The molecule has 1 aromatic rings. The van der Waals surface area contributed by atoms with Crippen LogP contribution in [-0.4, -0.2) is 45.4 Å². The van der Waals surface area contributed by atoms with Gasteiger partial charge in [-0.05, 0) is 37.6 Å². The predicted molar refractivity (Wildman–Crippen MR) is 82.2 cm³/mol. The van der Waals surface area contributed by atoms with E-state index in [1.807, 2.05) is 0 Å². The molecule has 0 radical (unpaired) electrons. The van der Waals surface area contributed by atoms with Crippen LogP contribution in [0, 0.1) is 0 Å². The Kier molecular flexibility index (Phi) is 6.29. The lowest BCUT2D eigenvalue weighted by Gasteiger charge is -2.14. The lowest BCUT2D eigenvalue weighted by Crippen LogP contribution is -2.37. The van der Waals surface area contributed by atoms with Gasteiger partial charge in [0.05, 0.1) is 12.2 Å². The minimum atomic E-state index is -0.168. The molecule has 1 aliphatic heterocycles. The number of halogens is 1. The van der Waals surface area contributed by atoms with Crippen LogP contribution in [-0.2, 0) is 4.74 Å². The molecule has 116 valence electrons. The summed E-state index contributed by atoms with van der Waals surface area (Å²) in [5.41, 5.74) is 0.455. The van der Waals surface area contributed by atoms with Gasteiger partial charge >= 0.3 is 0 Å². The van der Waals surface area contributed by atoms with Gasteiger partial charge in [0.25, 0.3) is 5.91 Å². The van der Waals surface area contributed by atoms with Crippen molar-refractivity contribution < 1.29 is 14.3 Å². The molecular weight excluding hydrogens is 292 g/mol. The first-order chi connectivity index (χ1) is 10.2. The number of hydrogen-bond donors (Lipinski definition) is 2. The van der Waals surface area contributed by atoms with Crippen molar-refractivity contribution in [1.82, 2.24) is 10.6 Å². The van der Waals surface area contributed by atoms with Gasteiger partial charge in [0.1, 0.15) is 12.4 Å². The van der Waals surface area contributed by atoms with Crippen LogP contribution in [0.3, 0.4) is 0 Å². The van der Waals surface area contributed by atoms with Crippen LogP contribution in [0.5, 0.6) is 5.75 Å². The molecule has 2 rings (SSSR count). The molecular formula is C15H21ClN2O3. The van der Waals surface area contributed by atoms with Crippen molar-refractivity contribution in [3.8, 4) is 5.75 Å². The second-order valence-electron chi connectivity index (χ2n) is 4.99. The van der Waals surface area contributed by atoms with E-state index >= 15 is 0 Å². The molecule has 1 saturated heterocycles. The third-order valence-corrected chi connectivity index (χ3v) is 3.64. The second kappa shape index (κ2) is 8.22. The summed E-state index contributed by atoms with van der Waals surface area (Å²) in [5.74, 6) is 0.354. The second-order valence-corrected chi connectivity index (χ2v) is 5.42. The van der Waals surface area contributed by atoms with E-state index < -0.39 is 0 Å². The van der Waals surface area contributed by atoms with E-state index in [0.29, 0.717) is 42.1 Å². The Morgan fingerprint density at radius 2 is 2.33 bits per heavy atom. The Bertz CT molecular complexity index is 476. The summed E-state index contributed by atoms with van der Waals surface area (Å²) in [6.07, 6.45) is 2.25. The molecule has 2 N–H and O–H groups in total. The van der Waals surface area contributed by atoms with Crippen molar-refractivity contribution in [1.29, 1.82) is 0 Å². The summed E-state index contributed by atoms with van der Waals surface area (Å²) in [4.78, 5) is 12.3. The van der Waals surface area contributed by atoms with Crippen LogP contribution >= 0.6 is 11.6 Å². The van der Waals surface area contributed by atoms with E-state index in [9.17, 15) is 4.79 Å². The number of nitrogens with one attached hydrogen (secondary N) is 2. The standard InChI is InChI=1S/C15H21ClN2O3/c1-20-7-8-21-14-5-4-11(16)9-13(14)15(19)18-10-12-3-2-6-17-12/h4-5,9,12,17H,2-3,6-8,10H2,1H3,(H,18,19). The van der Waals surface area contributed by atoms with E-state index in [1.165, 1.54) is 0 Å². The van der Waals surface area contributed by atoms with Gasteiger partial charge in [0.15, 0.2) is 0 Å². The summed E-state index contributed by atoms with van der Waals surface area (Å²) in [5, 5.41) is 6.78. The van der Waals surface area contributed by atoms with Gasteiger partial charge in [0, 0.05) is 24.7 Å². The quantitative estimate of drug-likeness (QED) is 0.754. The Morgan fingerprint density at radius 3 is 3.05 bits per heavy atom. The zero-order valence-electron chi connectivity index (χ0n) is 12.2. The molecule has 1 aliphatic rings. The first-order valence-electron chi connectivity index (χ1n) is 7.13. The summed E-state index contributed by atoms with van der Waals surface area (Å²) >= 11 is 5.98. The van der Waals surface area contributed by atoms with Crippen molar-refractivity contribution in [3.05, 3.63) is 28.8 Å². The number of benzene rings is 1. The zero-order chi connectivity index (χ0) is 15.1. The van der Waals surface area contributed by atoms with Gasteiger partial charge in [-0.1, -0.05) is 11.6 Å². The fourth-order valence-electron chi connectivity index (χ4n) is 2.28. The van der Waals surface area contributed by atoms with Gasteiger partial charge < -0.3 is 20.1 Å². The van der Waals surface area contributed by atoms with Crippen molar-refractivity contribution in [3.63, 3.8) is 0 Å². The first-order valence-corrected chi connectivity index (χ1v) is 7.51. The van der Waals surface area contributed by atoms with Crippen LogP contribution < -0.4 is 15.4 Å². The Hall–Kier alpha value is -1.30. The Balaban J connectivity index is 1.97. The largest absolute Gasteiger partial charge is 0.490 e. The maximum Gasteiger partial charge on any atom is 0.255 e. The highest BCUT2D eigenvalue weighted by atomic mass is 35.5. The third kappa shape index (κ3) is 4.88. The van der Waals surface area contributed by atoms with Crippen LogP contribution in [0.15, 0.2) is 18.2 Å². The molecule has 5 nitrogen and oxygen atoms in total. The molecule has 0 aliphatic carbocycles. The maximum absolute atomic E-state index is 12.3. The lowest BCUT2D eigenvalue weighted by atomic mass is 10.1. The van der Waals surface area contributed by atoms with E-state index in [-0.39, 0.29) is 5.91 Å². The van der Waals surface area contributed by atoms with Crippen molar-refractivity contribution >= 4 is 17.5 Å². The average Bonchev–Trinajstić information content (AvgIpc) is 3.00. The highest BCUT2D eigenvalue weighted by Crippen LogP contribution is 2.23. The molecule has 1 amide bonds. The number of rotatable bonds is 7. The van der Waals surface area contributed by atoms with Crippen LogP contribution in [0.4, 0.5) is 0 Å². The van der Waals surface area contributed by atoms with Crippen LogP contribution in [0.2, 0.25) is 5.02 Å². The van der Waals surface area contributed by atoms with Gasteiger partial charge in [-0.25, -0.2) is 0 Å². The number of amides is 1. The number of ether oxygens (including phenoxy) is 2. The Labute approximate surface area is 130 Å². The summed E-state index contributed by atoms with van der Waals surface area (Å²) in [6.45, 7) is 2.49. The number of methoxy groups -OCH3 is 1. The monoisotopic (exact) mass is 312 g/mol. The average molecular weight is 313 g/mol. The minimum absolute atomic E-state index is 0.168. The SMILES string of the molecule is COCCOc1ccc(Cl)cc1C(=O)NCC1CCCN1. The lowest BCUT2D eigenvalue weighted by molar-refractivity contribution is 0.0942. The molecule has 0 bridgehead atoms. The van der Waals surface area contributed by atoms with E-state index in [4.69, 9.17) is 21.1 Å². The summed E-state index contributed by atoms with van der Waals surface area (Å²) in [6, 6.07) is 5.40. The summed E-state index contributed by atoms with van der Waals surface area (Å²) in [7, 11) is 1.60. The predicted octanol–water partition coefficient (Wildman–Crippen LogP) is 1.85. The van der Waals surface area contributed by atoms with Gasteiger partial charge in [-0.15, -0.1) is 0 Å². The molecule has 1 atom stereocenters. The molecule has 1 fully saturated rings. The van der Waals surface area contributed by atoms with Gasteiger partial charge in [-0.2, -0.15) is 0 Å².